The second kappa shape index (κ2) is 5.32. The number of carbonyl (C=O) groups is 1. The van der Waals surface area contributed by atoms with E-state index in [1.165, 1.54) is 6.07 Å². The molecule has 17 heavy (non-hydrogen) atoms. The van der Waals surface area contributed by atoms with E-state index < -0.39 is 28.6 Å². The van der Waals surface area contributed by atoms with Gasteiger partial charge in [-0.3, -0.25) is 4.79 Å². The van der Waals surface area contributed by atoms with Crippen LogP contribution in [0.25, 0.3) is 0 Å². The molecule has 0 bridgehead atoms. The molecule has 0 aliphatic carbocycles. The highest BCUT2D eigenvalue weighted by Gasteiger charge is 2.26. The fourth-order valence-corrected chi connectivity index (χ4v) is 3.88. The molecule has 9 heteroatoms. The van der Waals surface area contributed by atoms with Crippen molar-refractivity contribution in [2.45, 2.75) is 17.2 Å². The van der Waals surface area contributed by atoms with Crippen molar-refractivity contribution in [2.24, 2.45) is 0 Å². The van der Waals surface area contributed by atoms with E-state index in [2.05, 4.69) is 0 Å². The average Bonchev–Trinajstić information content (AvgIpc) is 2.56. The first-order chi connectivity index (χ1) is 7.77. The quantitative estimate of drug-likeness (QED) is 0.731. The lowest BCUT2D eigenvalue weighted by atomic mass is 10.3. The van der Waals surface area contributed by atoms with Crippen molar-refractivity contribution in [3.63, 3.8) is 0 Å². The van der Waals surface area contributed by atoms with Gasteiger partial charge < -0.3 is 10.2 Å². The summed E-state index contributed by atoms with van der Waals surface area (Å²) in [6, 6.07) is -0.229. The Labute approximate surface area is 107 Å². The number of carboxylic acid groups (broad SMARTS) is 1. The third kappa shape index (κ3) is 3.39. The van der Waals surface area contributed by atoms with Crippen LogP contribution < -0.4 is 4.72 Å². The first-order valence-corrected chi connectivity index (χ1v) is 7.07. The maximum atomic E-state index is 11.7. The van der Waals surface area contributed by atoms with Gasteiger partial charge in [0.25, 0.3) is 10.0 Å². The fraction of sp³-hybridized carbons (Fsp3) is 0.375. The van der Waals surface area contributed by atoms with Crippen molar-refractivity contribution in [1.82, 2.24) is 4.72 Å². The summed E-state index contributed by atoms with van der Waals surface area (Å²) >= 11 is 6.55. The number of aryl methyl sites for hydroxylation is 1. The highest BCUT2D eigenvalue weighted by Crippen LogP contribution is 2.29. The lowest BCUT2D eigenvalue weighted by molar-refractivity contribution is -0.139. The average molecular weight is 300 g/mol. The molecule has 1 aromatic rings. The molecule has 1 rings (SSSR count). The minimum Gasteiger partial charge on any atom is -0.480 e. The SMILES string of the molecule is Cc1cc(S(=O)(=O)NC(CO)C(=O)O)sc1Cl. The molecule has 1 aromatic heterocycles. The smallest absolute Gasteiger partial charge is 0.324 e. The number of thiophene rings is 1. The molecular formula is C8H10ClNO5S2. The van der Waals surface area contributed by atoms with Crippen molar-refractivity contribution in [1.29, 1.82) is 0 Å². The van der Waals surface area contributed by atoms with Gasteiger partial charge in [-0.05, 0) is 18.6 Å². The van der Waals surface area contributed by atoms with Crippen LogP contribution in [0.5, 0.6) is 0 Å². The van der Waals surface area contributed by atoms with E-state index in [1.807, 2.05) is 4.72 Å². The molecule has 0 amide bonds. The lowest BCUT2D eigenvalue weighted by Crippen LogP contribution is -2.42. The molecule has 0 aliphatic heterocycles. The molecule has 0 aromatic carbocycles. The highest BCUT2D eigenvalue weighted by atomic mass is 35.5. The molecule has 96 valence electrons. The predicted molar refractivity (Wildman–Crippen MR) is 62.9 cm³/mol. The zero-order valence-electron chi connectivity index (χ0n) is 8.68. The third-order valence-corrected chi connectivity index (χ3v) is 5.38. The summed E-state index contributed by atoms with van der Waals surface area (Å²) in [7, 11) is -3.98. The molecule has 0 radical (unpaired) electrons. The van der Waals surface area contributed by atoms with E-state index in [-0.39, 0.29) is 4.21 Å². The number of hydrogen-bond donors (Lipinski definition) is 3. The van der Waals surface area contributed by atoms with E-state index in [9.17, 15) is 13.2 Å². The van der Waals surface area contributed by atoms with Crippen LogP contribution in [0.2, 0.25) is 4.34 Å². The summed E-state index contributed by atoms with van der Waals surface area (Å²) < 4.78 is 25.6. The van der Waals surface area contributed by atoms with Gasteiger partial charge in [0, 0.05) is 0 Å². The Balaban J connectivity index is 3.00. The maximum absolute atomic E-state index is 11.7. The Morgan fingerprint density at radius 2 is 2.24 bits per heavy atom. The van der Waals surface area contributed by atoms with E-state index in [0.717, 1.165) is 11.3 Å². The molecule has 0 fully saturated rings. The van der Waals surface area contributed by atoms with E-state index in [1.54, 1.807) is 6.92 Å². The third-order valence-electron chi connectivity index (χ3n) is 1.88. The first kappa shape index (κ1) is 14.4. The number of nitrogens with one attached hydrogen (secondary N) is 1. The number of halogens is 1. The lowest BCUT2D eigenvalue weighted by Gasteiger charge is -2.10. The summed E-state index contributed by atoms with van der Waals surface area (Å²) in [5.74, 6) is -1.45. The van der Waals surface area contributed by atoms with Crippen LogP contribution in [0.1, 0.15) is 5.56 Å². The summed E-state index contributed by atoms with van der Waals surface area (Å²) in [5, 5.41) is 17.4. The summed E-state index contributed by atoms with van der Waals surface area (Å²) in [6.07, 6.45) is 0. The Hall–Kier alpha value is -0.670. The Kier molecular flexibility index (Phi) is 4.50. The monoisotopic (exact) mass is 299 g/mol. The number of sulfonamides is 1. The van der Waals surface area contributed by atoms with Gasteiger partial charge in [-0.1, -0.05) is 11.6 Å². The van der Waals surface area contributed by atoms with E-state index in [0.29, 0.717) is 9.90 Å². The second-order valence-electron chi connectivity index (χ2n) is 3.22. The molecular weight excluding hydrogens is 290 g/mol. The number of rotatable bonds is 5. The Morgan fingerprint density at radius 1 is 1.65 bits per heavy atom. The van der Waals surface area contributed by atoms with Gasteiger partial charge in [-0.2, -0.15) is 4.72 Å². The van der Waals surface area contributed by atoms with Crippen LogP contribution in [-0.4, -0.2) is 37.2 Å². The molecule has 0 saturated heterocycles. The number of aliphatic hydroxyl groups excluding tert-OH is 1. The minimum atomic E-state index is -3.98. The molecule has 1 heterocycles. The van der Waals surface area contributed by atoms with Crippen molar-refractivity contribution in [3.05, 3.63) is 16.0 Å². The molecule has 3 N–H and O–H groups in total. The van der Waals surface area contributed by atoms with E-state index >= 15 is 0 Å². The Morgan fingerprint density at radius 3 is 2.59 bits per heavy atom. The van der Waals surface area contributed by atoms with Crippen LogP contribution in [0, 0.1) is 6.92 Å². The zero-order chi connectivity index (χ0) is 13.2. The summed E-state index contributed by atoms with van der Waals surface area (Å²) in [6.45, 7) is 0.811. The summed E-state index contributed by atoms with van der Waals surface area (Å²) in [5.41, 5.74) is 0.591. The van der Waals surface area contributed by atoms with Crippen molar-refractivity contribution in [3.8, 4) is 0 Å². The van der Waals surface area contributed by atoms with Gasteiger partial charge in [0.1, 0.15) is 10.3 Å². The molecule has 1 unspecified atom stereocenters. The van der Waals surface area contributed by atoms with Gasteiger partial charge in [0.05, 0.1) is 10.9 Å². The first-order valence-electron chi connectivity index (χ1n) is 4.40. The van der Waals surface area contributed by atoms with Crippen molar-refractivity contribution < 1.29 is 23.4 Å². The largest absolute Gasteiger partial charge is 0.480 e. The molecule has 6 nitrogen and oxygen atoms in total. The van der Waals surface area contributed by atoms with Crippen LogP contribution in [0.4, 0.5) is 0 Å². The second-order valence-corrected chi connectivity index (χ2v) is 6.81. The molecule has 1 atom stereocenters. The van der Waals surface area contributed by atoms with Crippen molar-refractivity contribution in [2.75, 3.05) is 6.61 Å². The molecule has 0 saturated carbocycles. The van der Waals surface area contributed by atoms with E-state index in [4.69, 9.17) is 21.8 Å². The van der Waals surface area contributed by atoms with Gasteiger partial charge in [-0.25, -0.2) is 8.42 Å². The normalized spacial score (nSPS) is 13.6. The topological polar surface area (TPSA) is 104 Å². The van der Waals surface area contributed by atoms with Gasteiger partial charge in [-0.15, -0.1) is 11.3 Å². The van der Waals surface area contributed by atoms with Gasteiger partial charge in [0.15, 0.2) is 0 Å². The predicted octanol–water partition coefficient (Wildman–Crippen LogP) is 0.434. The number of aliphatic carboxylic acids is 1. The maximum Gasteiger partial charge on any atom is 0.324 e. The van der Waals surface area contributed by atoms with Gasteiger partial charge in [0.2, 0.25) is 0 Å². The van der Waals surface area contributed by atoms with Gasteiger partial charge >= 0.3 is 5.97 Å². The van der Waals surface area contributed by atoms with Crippen molar-refractivity contribution >= 4 is 38.9 Å². The number of aliphatic hydroxyl groups is 1. The van der Waals surface area contributed by atoms with Crippen LogP contribution in [0.15, 0.2) is 10.3 Å². The minimum absolute atomic E-state index is 0.0836. The molecule has 0 aliphatic rings. The van der Waals surface area contributed by atoms with Crippen LogP contribution >= 0.6 is 22.9 Å². The number of hydrogen-bond acceptors (Lipinski definition) is 5. The zero-order valence-corrected chi connectivity index (χ0v) is 11.1. The molecule has 0 spiro atoms. The van der Waals surface area contributed by atoms with Crippen LogP contribution in [0.3, 0.4) is 0 Å². The van der Waals surface area contributed by atoms with Crippen LogP contribution in [-0.2, 0) is 14.8 Å². The Bertz CT molecular complexity index is 505. The standard InChI is InChI=1S/C8H10ClNO5S2/c1-4-2-6(16-7(4)9)17(14,15)10-5(3-11)8(12)13/h2,5,10-11H,3H2,1H3,(H,12,13). The summed E-state index contributed by atoms with van der Waals surface area (Å²) in [4.78, 5) is 10.6. The number of carboxylic acids is 1. The fourth-order valence-electron chi connectivity index (χ4n) is 0.975. The highest BCUT2D eigenvalue weighted by molar-refractivity contribution is 7.91.